The zero-order valence-electron chi connectivity index (χ0n) is 9.71. The van der Waals surface area contributed by atoms with Crippen molar-refractivity contribution in [1.82, 2.24) is 4.98 Å². The van der Waals surface area contributed by atoms with Crippen molar-refractivity contribution >= 4 is 23.4 Å². The van der Waals surface area contributed by atoms with Gasteiger partial charge in [0.15, 0.2) is 0 Å². The second-order valence-corrected chi connectivity index (χ2v) is 4.74. The number of aromatic nitrogens is 1. The fourth-order valence-electron chi connectivity index (χ4n) is 1.45. The molecule has 5 nitrogen and oxygen atoms in total. The first-order valence-corrected chi connectivity index (χ1v) is 6.22. The second-order valence-electron chi connectivity index (χ2n) is 3.75. The predicted molar refractivity (Wildman–Crippen MR) is 68.6 cm³/mol. The van der Waals surface area contributed by atoms with Gasteiger partial charge in [-0.3, -0.25) is 0 Å². The maximum absolute atomic E-state index is 10.8. The van der Waals surface area contributed by atoms with Crippen LogP contribution in [0.1, 0.15) is 21.9 Å². The maximum atomic E-state index is 10.8. The molecule has 0 amide bonds. The molecular weight excluding hydrogens is 252 g/mol. The fraction of sp³-hybridized carbons (Fsp3) is 0.167. The molecule has 0 aromatic carbocycles. The van der Waals surface area contributed by atoms with Crippen molar-refractivity contribution in [2.24, 2.45) is 0 Å². The molecule has 0 atom stereocenters. The summed E-state index contributed by atoms with van der Waals surface area (Å²) in [5.74, 6) is 0.101. The SMILES string of the molecule is Cc1cc(CSc2ccc(N)cn2)oc1C(=O)O. The van der Waals surface area contributed by atoms with Crippen LogP contribution in [0.4, 0.5) is 5.69 Å². The summed E-state index contributed by atoms with van der Waals surface area (Å²) in [5.41, 5.74) is 6.78. The number of hydrogen-bond acceptors (Lipinski definition) is 5. The number of aromatic carboxylic acids is 1. The van der Waals surface area contributed by atoms with Gasteiger partial charge in [0.25, 0.3) is 0 Å². The van der Waals surface area contributed by atoms with Crippen molar-refractivity contribution in [2.45, 2.75) is 17.7 Å². The van der Waals surface area contributed by atoms with Crippen molar-refractivity contribution in [3.05, 3.63) is 41.5 Å². The molecule has 0 saturated carbocycles. The van der Waals surface area contributed by atoms with Crippen molar-refractivity contribution in [2.75, 3.05) is 5.73 Å². The number of hydrogen-bond donors (Lipinski definition) is 2. The van der Waals surface area contributed by atoms with E-state index in [1.807, 2.05) is 6.07 Å². The Kier molecular flexibility index (Phi) is 3.57. The first-order valence-electron chi connectivity index (χ1n) is 5.23. The molecule has 6 heteroatoms. The highest BCUT2D eigenvalue weighted by Gasteiger charge is 2.14. The molecule has 0 radical (unpaired) electrons. The summed E-state index contributed by atoms with van der Waals surface area (Å²) in [5, 5.41) is 9.68. The number of rotatable bonds is 4. The van der Waals surface area contributed by atoms with Crippen LogP contribution in [-0.4, -0.2) is 16.1 Å². The van der Waals surface area contributed by atoms with Gasteiger partial charge in [-0.15, -0.1) is 0 Å². The van der Waals surface area contributed by atoms with Crippen molar-refractivity contribution in [3.8, 4) is 0 Å². The Balaban J connectivity index is 2.04. The van der Waals surface area contributed by atoms with Crippen LogP contribution >= 0.6 is 11.8 Å². The van der Waals surface area contributed by atoms with Crippen LogP contribution in [0.2, 0.25) is 0 Å². The van der Waals surface area contributed by atoms with Crippen LogP contribution in [-0.2, 0) is 5.75 Å². The lowest BCUT2D eigenvalue weighted by atomic mass is 10.3. The summed E-state index contributed by atoms with van der Waals surface area (Å²) >= 11 is 1.46. The smallest absolute Gasteiger partial charge is 0.372 e. The first kappa shape index (κ1) is 12.5. The number of nitrogens with zero attached hydrogens (tertiary/aromatic N) is 1. The number of nitrogens with two attached hydrogens (primary N) is 1. The maximum Gasteiger partial charge on any atom is 0.372 e. The molecule has 0 aliphatic carbocycles. The van der Waals surface area contributed by atoms with Crippen LogP contribution in [0.15, 0.2) is 33.8 Å². The first-order chi connectivity index (χ1) is 8.56. The Morgan fingerprint density at radius 2 is 2.33 bits per heavy atom. The molecule has 2 heterocycles. The van der Waals surface area contributed by atoms with E-state index in [2.05, 4.69) is 4.98 Å². The minimum Gasteiger partial charge on any atom is -0.475 e. The number of thioether (sulfide) groups is 1. The van der Waals surface area contributed by atoms with Gasteiger partial charge in [0, 0.05) is 5.56 Å². The number of nitrogen functional groups attached to an aromatic ring is 1. The van der Waals surface area contributed by atoms with E-state index in [0.29, 0.717) is 22.8 Å². The minimum atomic E-state index is -1.05. The van der Waals surface area contributed by atoms with E-state index in [0.717, 1.165) is 5.03 Å². The van der Waals surface area contributed by atoms with Gasteiger partial charge in [-0.2, -0.15) is 0 Å². The largest absolute Gasteiger partial charge is 0.475 e. The Morgan fingerprint density at radius 1 is 1.56 bits per heavy atom. The molecule has 18 heavy (non-hydrogen) atoms. The van der Waals surface area contributed by atoms with Crippen molar-refractivity contribution in [3.63, 3.8) is 0 Å². The van der Waals surface area contributed by atoms with E-state index in [9.17, 15) is 4.79 Å². The third-order valence-corrected chi connectivity index (χ3v) is 3.25. The average Bonchev–Trinajstić information content (AvgIpc) is 2.70. The summed E-state index contributed by atoms with van der Waals surface area (Å²) in [6, 6.07) is 5.31. The van der Waals surface area contributed by atoms with Gasteiger partial charge in [0.2, 0.25) is 5.76 Å². The highest BCUT2D eigenvalue weighted by molar-refractivity contribution is 7.98. The quantitative estimate of drug-likeness (QED) is 0.825. The highest BCUT2D eigenvalue weighted by Crippen LogP contribution is 2.24. The molecular formula is C12H12N2O3S. The number of furan rings is 1. The van der Waals surface area contributed by atoms with Crippen LogP contribution in [0.25, 0.3) is 0 Å². The van der Waals surface area contributed by atoms with E-state index in [4.69, 9.17) is 15.3 Å². The summed E-state index contributed by atoms with van der Waals surface area (Å²) < 4.78 is 5.25. The lowest BCUT2D eigenvalue weighted by Gasteiger charge is -1.98. The normalized spacial score (nSPS) is 10.5. The topological polar surface area (TPSA) is 89.4 Å². The van der Waals surface area contributed by atoms with Crippen molar-refractivity contribution in [1.29, 1.82) is 0 Å². The molecule has 0 saturated heterocycles. The second kappa shape index (κ2) is 5.14. The molecule has 2 rings (SSSR count). The molecule has 2 aromatic heterocycles. The average molecular weight is 264 g/mol. The van der Waals surface area contributed by atoms with Crippen LogP contribution in [0.3, 0.4) is 0 Å². The number of carboxylic acid groups (broad SMARTS) is 1. The van der Waals surface area contributed by atoms with Gasteiger partial charge >= 0.3 is 5.97 Å². The standard InChI is InChI=1S/C12H12N2O3S/c1-7-4-9(17-11(7)12(15)16)6-18-10-3-2-8(13)5-14-10/h2-5H,6,13H2,1H3,(H,15,16). The monoisotopic (exact) mass is 264 g/mol. The molecule has 0 unspecified atom stereocenters. The van der Waals surface area contributed by atoms with Crippen LogP contribution in [0.5, 0.6) is 0 Å². The molecule has 0 aliphatic rings. The number of anilines is 1. The fourth-order valence-corrected chi connectivity index (χ4v) is 2.18. The van der Waals surface area contributed by atoms with E-state index in [1.54, 1.807) is 25.3 Å². The number of pyridine rings is 1. The van der Waals surface area contributed by atoms with E-state index in [1.165, 1.54) is 11.8 Å². The third-order valence-electron chi connectivity index (χ3n) is 2.28. The Labute approximate surface area is 108 Å². The zero-order chi connectivity index (χ0) is 13.1. The van der Waals surface area contributed by atoms with Gasteiger partial charge < -0.3 is 15.3 Å². The molecule has 3 N–H and O–H groups in total. The van der Waals surface area contributed by atoms with E-state index < -0.39 is 5.97 Å². The molecule has 0 bridgehead atoms. The lowest BCUT2D eigenvalue weighted by Crippen LogP contribution is -1.94. The molecule has 2 aromatic rings. The van der Waals surface area contributed by atoms with Gasteiger partial charge in [-0.05, 0) is 25.1 Å². The van der Waals surface area contributed by atoms with Gasteiger partial charge in [0.05, 0.1) is 22.7 Å². The van der Waals surface area contributed by atoms with Crippen molar-refractivity contribution < 1.29 is 14.3 Å². The number of aryl methyl sites for hydroxylation is 1. The number of carboxylic acids is 1. The Morgan fingerprint density at radius 3 is 2.89 bits per heavy atom. The Bertz CT molecular complexity index is 563. The molecule has 0 aliphatic heterocycles. The van der Waals surface area contributed by atoms with E-state index >= 15 is 0 Å². The zero-order valence-corrected chi connectivity index (χ0v) is 10.5. The predicted octanol–water partition coefficient (Wildman–Crippen LogP) is 2.56. The highest BCUT2D eigenvalue weighted by atomic mass is 32.2. The molecule has 0 fully saturated rings. The molecule has 94 valence electrons. The lowest BCUT2D eigenvalue weighted by molar-refractivity contribution is 0.0659. The molecule has 0 spiro atoms. The summed E-state index contributed by atoms with van der Waals surface area (Å²) in [4.78, 5) is 15.0. The minimum absolute atomic E-state index is 0.00383. The number of carbonyl (C=O) groups is 1. The van der Waals surface area contributed by atoms with Gasteiger partial charge in [0.1, 0.15) is 5.76 Å². The third kappa shape index (κ3) is 2.84. The van der Waals surface area contributed by atoms with E-state index in [-0.39, 0.29) is 5.76 Å². The van der Waals surface area contributed by atoms with Gasteiger partial charge in [-0.25, -0.2) is 9.78 Å². The summed E-state index contributed by atoms with van der Waals surface area (Å²) in [6.45, 7) is 1.71. The van der Waals surface area contributed by atoms with Crippen LogP contribution < -0.4 is 5.73 Å². The van der Waals surface area contributed by atoms with Crippen LogP contribution in [0, 0.1) is 6.92 Å². The van der Waals surface area contributed by atoms with Gasteiger partial charge in [-0.1, -0.05) is 11.8 Å². The summed E-state index contributed by atoms with van der Waals surface area (Å²) in [7, 11) is 0. The Hall–Kier alpha value is -1.95. The summed E-state index contributed by atoms with van der Waals surface area (Å²) in [6.07, 6.45) is 1.58.